The smallest absolute Gasteiger partial charge is 0.243 e. The highest BCUT2D eigenvalue weighted by Crippen LogP contribution is 2.31. The van der Waals surface area contributed by atoms with Gasteiger partial charge in [-0.2, -0.15) is 4.31 Å². The average Bonchev–Trinajstić information content (AvgIpc) is 2.82. The molecule has 1 saturated heterocycles. The van der Waals surface area contributed by atoms with E-state index in [1.807, 2.05) is 25.1 Å². The summed E-state index contributed by atoms with van der Waals surface area (Å²) < 4.78 is 37.7. The monoisotopic (exact) mass is 446 g/mol. The number of carbonyl (C=O) groups excluding carboxylic acids is 1. The molecule has 31 heavy (non-hydrogen) atoms. The molecule has 1 fully saturated rings. The Bertz CT molecular complexity index is 986. The van der Waals surface area contributed by atoms with Gasteiger partial charge in [-0.25, -0.2) is 8.42 Å². The van der Waals surface area contributed by atoms with E-state index >= 15 is 0 Å². The number of nitrogens with zero attached hydrogens (tertiary/aromatic N) is 1. The molecule has 1 unspecified atom stereocenters. The van der Waals surface area contributed by atoms with Crippen molar-refractivity contribution in [1.82, 2.24) is 9.62 Å². The summed E-state index contributed by atoms with van der Waals surface area (Å²) in [7, 11) is -0.354. The van der Waals surface area contributed by atoms with Gasteiger partial charge in [-0.3, -0.25) is 4.79 Å². The Hall–Kier alpha value is -2.58. The van der Waals surface area contributed by atoms with Crippen LogP contribution < -0.4 is 14.8 Å². The first-order valence-electron chi connectivity index (χ1n) is 10.5. The molecule has 1 atom stereocenters. The van der Waals surface area contributed by atoms with E-state index in [0.717, 1.165) is 12.0 Å². The van der Waals surface area contributed by atoms with Crippen molar-refractivity contribution in [3.8, 4) is 11.5 Å². The first-order valence-corrected chi connectivity index (χ1v) is 11.9. The molecule has 1 N–H and O–H groups in total. The SMILES string of the molecule is CCC(NC(=O)C1CCN(S(=O)(=O)c2ccccc2)CC1)c1ccc(OC)c(OC)c1. The van der Waals surface area contributed by atoms with Gasteiger partial charge in [0.2, 0.25) is 15.9 Å². The number of rotatable bonds is 8. The molecule has 0 saturated carbocycles. The summed E-state index contributed by atoms with van der Waals surface area (Å²) in [5, 5.41) is 3.12. The van der Waals surface area contributed by atoms with Crippen molar-refractivity contribution in [1.29, 1.82) is 0 Å². The van der Waals surface area contributed by atoms with Crippen molar-refractivity contribution in [3.63, 3.8) is 0 Å². The van der Waals surface area contributed by atoms with Crippen molar-refractivity contribution in [2.75, 3.05) is 27.3 Å². The van der Waals surface area contributed by atoms with Crippen molar-refractivity contribution in [2.45, 2.75) is 37.1 Å². The summed E-state index contributed by atoms with van der Waals surface area (Å²) in [4.78, 5) is 13.2. The number of piperidine rings is 1. The summed E-state index contributed by atoms with van der Waals surface area (Å²) in [6.07, 6.45) is 1.73. The highest BCUT2D eigenvalue weighted by atomic mass is 32.2. The van der Waals surface area contributed by atoms with E-state index in [0.29, 0.717) is 37.4 Å². The molecule has 3 rings (SSSR count). The number of carbonyl (C=O) groups is 1. The maximum absolute atomic E-state index is 12.9. The summed E-state index contributed by atoms with van der Waals surface area (Å²) in [6, 6.07) is 13.9. The highest BCUT2D eigenvalue weighted by Gasteiger charge is 2.32. The zero-order valence-electron chi connectivity index (χ0n) is 18.2. The molecule has 2 aromatic rings. The molecule has 7 nitrogen and oxygen atoms in total. The van der Waals surface area contributed by atoms with Crippen molar-refractivity contribution in [2.24, 2.45) is 5.92 Å². The van der Waals surface area contributed by atoms with Crippen LogP contribution in [0.4, 0.5) is 0 Å². The number of ether oxygens (including phenoxy) is 2. The molecule has 1 heterocycles. The minimum absolute atomic E-state index is 0.0432. The number of hydrogen-bond donors (Lipinski definition) is 1. The lowest BCUT2D eigenvalue weighted by molar-refractivity contribution is -0.126. The average molecular weight is 447 g/mol. The third kappa shape index (κ3) is 5.19. The first kappa shape index (κ1) is 23.1. The van der Waals surface area contributed by atoms with E-state index in [1.165, 1.54) is 4.31 Å². The number of benzene rings is 2. The van der Waals surface area contributed by atoms with Crippen LogP contribution in [-0.4, -0.2) is 45.9 Å². The molecular weight excluding hydrogens is 416 g/mol. The Morgan fingerprint density at radius 2 is 1.71 bits per heavy atom. The minimum Gasteiger partial charge on any atom is -0.493 e. The molecule has 1 aliphatic rings. The highest BCUT2D eigenvalue weighted by molar-refractivity contribution is 7.89. The van der Waals surface area contributed by atoms with Crippen molar-refractivity contribution >= 4 is 15.9 Å². The van der Waals surface area contributed by atoms with E-state index < -0.39 is 10.0 Å². The lowest BCUT2D eigenvalue weighted by Gasteiger charge is -2.31. The van der Waals surface area contributed by atoms with Gasteiger partial charge in [-0.1, -0.05) is 31.2 Å². The van der Waals surface area contributed by atoms with Gasteiger partial charge in [0.1, 0.15) is 0 Å². The van der Waals surface area contributed by atoms with Crippen LogP contribution in [0.25, 0.3) is 0 Å². The third-order valence-electron chi connectivity index (χ3n) is 5.74. The molecule has 2 aromatic carbocycles. The zero-order valence-corrected chi connectivity index (χ0v) is 19.0. The minimum atomic E-state index is -3.52. The molecule has 1 aliphatic heterocycles. The number of nitrogens with one attached hydrogen (secondary N) is 1. The lowest BCUT2D eigenvalue weighted by Crippen LogP contribution is -2.43. The Labute approximate surface area is 184 Å². The van der Waals surface area contributed by atoms with Gasteiger partial charge in [0.15, 0.2) is 11.5 Å². The second-order valence-electron chi connectivity index (χ2n) is 7.58. The van der Waals surface area contributed by atoms with Crippen LogP contribution in [0.3, 0.4) is 0 Å². The molecule has 1 amide bonds. The van der Waals surface area contributed by atoms with Crippen LogP contribution in [0.1, 0.15) is 37.8 Å². The van der Waals surface area contributed by atoms with Gasteiger partial charge in [0, 0.05) is 19.0 Å². The van der Waals surface area contributed by atoms with E-state index in [-0.39, 0.29) is 22.8 Å². The van der Waals surface area contributed by atoms with E-state index in [9.17, 15) is 13.2 Å². The van der Waals surface area contributed by atoms with Gasteiger partial charge in [0.05, 0.1) is 25.2 Å². The van der Waals surface area contributed by atoms with Crippen molar-refractivity contribution in [3.05, 3.63) is 54.1 Å². The Balaban J connectivity index is 1.63. The quantitative estimate of drug-likeness (QED) is 0.672. The summed E-state index contributed by atoms with van der Waals surface area (Å²) in [6.45, 7) is 2.68. The molecule has 0 aromatic heterocycles. The van der Waals surface area contributed by atoms with Gasteiger partial charge in [0.25, 0.3) is 0 Å². The van der Waals surface area contributed by atoms with Gasteiger partial charge < -0.3 is 14.8 Å². The molecule has 0 bridgehead atoms. The molecule has 168 valence electrons. The Morgan fingerprint density at radius 3 is 2.29 bits per heavy atom. The topological polar surface area (TPSA) is 84.9 Å². The van der Waals surface area contributed by atoms with E-state index in [1.54, 1.807) is 44.6 Å². The number of sulfonamides is 1. The van der Waals surface area contributed by atoms with Crippen LogP contribution in [0.15, 0.2) is 53.4 Å². The second kappa shape index (κ2) is 10.2. The zero-order chi connectivity index (χ0) is 22.4. The fourth-order valence-electron chi connectivity index (χ4n) is 3.88. The maximum Gasteiger partial charge on any atom is 0.243 e. The van der Waals surface area contributed by atoms with E-state index in [4.69, 9.17) is 9.47 Å². The standard InChI is InChI=1S/C23H30N2O5S/c1-4-20(18-10-11-21(29-2)22(16-18)30-3)24-23(26)17-12-14-25(15-13-17)31(27,28)19-8-6-5-7-9-19/h5-11,16-17,20H,4,12-15H2,1-3H3,(H,24,26). The summed E-state index contributed by atoms with van der Waals surface area (Å²) in [5.41, 5.74) is 0.942. The Morgan fingerprint density at radius 1 is 1.06 bits per heavy atom. The number of amides is 1. The molecular formula is C23H30N2O5S. The number of methoxy groups -OCH3 is 2. The predicted octanol–water partition coefficient (Wildman–Crippen LogP) is 3.37. The van der Waals surface area contributed by atoms with Gasteiger partial charge in [-0.15, -0.1) is 0 Å². The van der Waals surface area contributed by atoms with Gasteiger partial charge in [-0.05, 0) is 49.1 Å². The largest absolute Gasteiger partial charge is 0.493 e. The van der Waals surface area contributed by atoms with E-state index in [2.05, 4.69) is 5.32 Å². The number of hydrogen-bond acceptors (Lipinski definition) is 5. The van der Waals surface area contributed by atoms with Gasteiger partial charge >= 0.3 is 0 Å². The maximum atomic E-state index is 12.9. The van der Waals surface area contributed by atoms with Crippen LogP contribution in [-0.2, 0) is 14.8 Å². The molecule has 0 spiro atoms. The fourth-order valence-corrected chi connectivity index (χ4v) is 5.37. The molecule has 8 heteroatoms. The molecule has 0 aliphatic carbocycles. The summed E-state index contributed by atoms with van der Waals surface area (Å²) in [5.74, 6) is 1.00. The fraction of sp³-hybridized carbons (Fsp3) is 0.435. The first-order chi connectivity index (χ1) is 14.9. The van der Waals surface area contributed by atoms with Crippen LogP contribution in [0, 0.1) is 5.92 Å². The van der Waals surface area contributed by atoms with Crippen LogP contribution in [0.2, 0.25) is 0 Å². The normalized spacial score (nSPS) is 16.5. The van der Waals surface area contributed by atoms with Crippen LogP contribution >= 0.6 is 0 Å². The predicted molar refractivity (Wildman–Crippen MR) is 119 cm³/mol. The van der Waals surface area contributed by atoms with Crippen LogP contribution in [0.5, 0.6) is 11.5 Å². The molecule has 0 radical (unpaired) electrons. The second-order valence-corrected chi connectivity index (χ2v) is 9.51. The Kier molecular flexibility index (Phi) is 7.56. The van der Waals surface area contributed by atoms with Crippen molar-refractivity contribution < 1.29 is 22.7 Å². The lowest BCUT2D eigenvalue weighted by atomic mass is 9.95. The summed E-state index contributed by atoms with van der Waals surface area (Å²) >= 11 is 0. The third-order valence-corrected chi connectivity index (χ3v) is 7.65.